The Kier molecular flexibility index (Phi) is 11.5. The summed E-state index contributed by atoms with van der Waals surface area (Å²) in [5.74, 6) is -0.0809. The number of esters is 1. The van der Waals surface area contributed by atoms with Crippen LogP contribution in [0.2, 0.25) is 0 Å². The minimum Gasteiger partial charge on any atom is -0.493 e. The summed E-state index contributed by atoms with van der Waals surface area (Å²) in [7, 11) is 1.47. The summed E-state index contributed by atoms with van der Waals surface area (Å²) in [6, 6.07) is 7.62. The van der Waals surface area contributed by atoms with Crippen LogP contribution in [0.3, 0.4) is 0 Å². The summed E-state index contributed by atoms with van der Waals surface area (Å²) in [5, 5.41) is 22.4. The zero-order valence-electron chi connectivity index (χ0n) is 33.0. The van der Waals surface area contributed by atoms with Gasteiger partial charge in [-0.3, -0.25) is 4.79 Å². The van der Waals surface area contributed by atoms with E-state index in [0.29, 0.717) is 39.9 Å². The molecule has 3 fully saturated rings. The maximum Gasteiger partial charge on any atom is 0.322 e. The zero-order valence-corrected chi connectivity index (χ0v) is 33.9. The van der Waals surface area contributed by atoms with E-state index in [2.05, 4.69) is 32.4 Å². The molecule has 5 aliphatic rings. The fourth-order valence-electron chi connectivity index (χ4n) is 8.21. The molecule has 3 saturated heterocycles. The zero-order chi connectivity index (χ0) is 39.5. The van der Waals surface area contributed by atoms with Crippen LogP contribution in [0.5, 0.6) is 28.7 Å². The number of aliphatic hydroxyl groups is 2. The van der Waals surface area contributed by atoms with Crippen LogP contribution in [0.15, 0.2) is 24.3 Å². The van der Waals surface area contributed by atoms with Gasteiger partial charge in [0, 0.05) is 23.9 Å². The van der Waals surface area contributed by atoms with Crippen molar-refractivity contribution in [2.75, 3.05) is 34.2 Å². The number of hydrogen-bond donors (Lipinski definition) is 2. The van der Waals surface area contributed by atoms with Crippen LogP contribution >= 0.6 is 8.53 Å². The standard InChI is InChI=1S/C39H54NO14P/c1-18(2)40(19(3)4)55(54-39(6,7)8)53-35-27(44-9)11-21(12-28(35)45-10)30-22-13-25-26(49-17-48-25)14-23(22)34(24-15-47-37(43)31(24)30)52-38-33(42)32(41)36-29(51-38)16-46-20(5)50-36/h11-14,18-20,24,29-34,36,38,41-42H,15-17H2,1-10H3/t20-,24+,29-,30-,31+,32-,33-,34-,36?,38+,55?/m1/s1. The Hall–Kier alpha value is -2.98. The van der Waals surface area contributed by atoms with Crippen molar-refractivity contribution in [3.8, 4) is 28.7 Å². The number of rotatable bonds is 11. The van der Waals surface area contributed by atoms with Gasteiger partial charge in [0.2, 0.25) is 12.5 Å². The van der Waals surface area contributed by atoms with Gasteiger partial charge in [-0.1, -0.05) is 0 Å². The molecule has 7 rings (SSSR count). The van der Waals surface area contributed by atoms with Gasteiger partial charge in [0.25, 0.3) is 0 Å². The third-order valence-electron chi connectivity index (χ3n) is 10.5. The molecular weight excluding hydrogens is 737 g/mol. The molecule has 16 heteroatoms. The highest BCUT2D eigenvalue weighted by atomic mass is 31.2. The van der Waals surface area contributed by atoms with Crippen LogP contribution in [0.4, 0.5) is 0 Å². The van der Waals surface area contributed by atoms with Crippen LogP contribution in [0, 0.1) is 11.8 Å². The number of hydrogen-bond acceptors (Lipinski definition) is 15. The van der Waals surface area contributed by atoms with E-state index in [4.69, 9.17) is 51.7 Å². The monoisotopic (exact) mass is 791 g/mol. The first kappa shape index (κ1) is 40.2. The lowest BCUT2D eigenvalue weighted by Crippen LogP contribution is -2.63. The van der Waals surface area contributed by atoms with Crippen molar-refractivity contribution in [1.29, 1.82) is 0 Å². The number of ether oxygens (including phenoxy) is 9. The maximum absolute atomic E-state index is 13.9. The molecule has 15 nitrogen and oxygen atoms in total. The molecule has 4 aliphatic heterocycles. The molecule has 2 unspecified atom stereocenters. The van der Waals surface area contributed by atoms with Gasteiger partial charge in [-0.15, -0.1) is 0 Å². The second-order valence-electron chi connectivity index (χ2n) is 16.1. The third kappa shape index (κ3) is 7.72. The van der Waals surface area contributed by atoms with Gasteiger partial charge in [0.1, 0.15) is 24.4 Å². The van der Waals surface area contributed by atoms with E-state index in [-0.39, 0.29) is 32.1 Å². The number of cyclic esters (lactones) is 1. The SMILES string of the molecule is COc1cc([C@@H]2c3cc4c(cc3[C@@H](O[C@@H]3O[C@@H]5CO[C@@H](C)OC5[C@H](O)[C@H]3O)[C@H]3COC(=O)[C@H]23)OCO4)cc(OC)c1OP(OC(C)(C)C)N(C(C)C)C(C)C. The molecule has 4 heterocycles. The van der Waals surface area contributed by atoms with E-state index < -0.39 is 81.0 Å². The summed E-state index contributed by atoms with van der Waals surface area (Å²) in [6.07, 6.45) is -6.89. The Morgan fingerprint density at radius 1 is 0.873 bits per heavy atom. The fourth-order valence-corrected chi connectivity index (χ4v) is 10.00. The summed E-state index contributed by atoms with van der Waals surface area (Å²) >= 11 is 0. The predicted molar refractivity (Wildman–Crippen MR) is 197 cm³/mol. The van der Waals surface area contributed by atoms with Crippen molar-refractivity contribution in [2.45, 2.75) is 122 Å². The molecule has 0 amide bonds. The second-order valence-corrected chi connectivity index (χ2v) is 17.4. The van der Waals surface area contributed by atoms with Crippen LogP contribution < -0.4 is 23.5 Å². The number of methoxy groups -OCH3 is 2. The van der Waals surface area contributed by atoms with E-state index in [9.17, 15) is 15.0 Å². The lowest BCUT2D eigenvalue weighted by molar-refractivity contribution is -0.364. The maximum atomic E-state index is 13.9. The van der Waals surface area contributed by atoms with Crippen LogP contribution in [-0.2, 0) is 33.0 Å². The van der Waals surface area contributed by atoms with Crippen LogP contribution in [0.25, 0.3) is 0 Å². The molecule has 11 atom stereocenters. The molecule has 0 radical (unpaired) electrons. The Morgan fingerprint density at radius 3 is 2.11 bits per heavy atom. The predicted octanol–water partition coefficient (Wildman–Crippen LogP) is 5.17. The van der Waals surface area contributed by atoms with Crippen molar-refractivity contribution >= 4 is 14.5 Å². The third-order valence-corrected chi connectivity index (χ3v) is 12.8. The van der Waals surface area contributed by atoms with Gasteiger partial charge in [0.05, 0.1) is 45.1 Å². The van der Waals surface area contributed by atoms with E-state index in [1.165, 1.54) is 0 Å². The molecule has 2 aromatic carbocycles. The van der Waals surface area contributed by atoms with Gasteiger partial charge in [-0.2, -0.15) is 0 Å². The Balaban J connectivity index is 1.30. The van der Waals surface area contributed by atoms with Crippen molar-refractivity contribution in [3.05, 3.63) is 41.0 Å². The van der Waals surface area contributed by atoms with E-state index in [1.54, 1.807) is 21.1 Å². The minimum atomic E-state index is -1.64. The van der Waals surface area contributed by atoms with Crippen molar-refractivity contribution < 1.29 is 66.7 Å². The molecule has 2 aromatic rings. The number of fused-ring (bicyclic) bond motifs is 4. The number of benzene rings is 2. The van der Waals surface area contributed by atoms with Gasteiger partial charge in [0.15, 0.2) is 35.6 Å². The first-order valence-corrected chi connectivity index (χ1v) is 20.0. The second kappa shape index (κ2) is 15.8. The summed E-state index contributed by atoms with van der Waals surface area (Å²) in [5.41, 5.74) is 1.60. The minimum absolute atomic E-state index is 0.0263. The average molecular weight is 792 g/mol. The van der Waals surface area contributed by atoms with Gasteiger partial charge in [-0.25, -0.2) is 4.67 Å². The van der Waals surface area contributed by atoms with Crippen molar-refractivity contribution in [3.63, 3.8) is 0 Å². The highest BCUT2D eigenvalue weighted by Gasteiger charge is 2.56. The van der Waals surface area contributed by atoms with Crippen LogP contribution in [-0.4, -0.2) is 110 Å². The van der Waals surface area contributed by atoms with Gasteiger partial charge >= 0.3 is 14.5 Å². The van der Waals surface area contributed by atoms with E-state index >= 15 is 0 Å². The Labute approximate surface area is 323 Å². The Morgan fingerprint density at radius 2 is 1.51 bits per heavy atom. The quantitative estimate of drug-likeness (QED) is 0.226. The Bertz CT molecular complexity index is 1680. The van der Waals surface area contributed by atoms with Crippen LogP contribution in [0.1, 0.15) is 84.1 Å². The van der Waals surface area contributed by atoms with E-state index in [1.807, 2.05) is 45.0 Å². The van der Waals surface area contributed by atoms with Crippen molar-refractivity contribution in [1.82, 2.24) is 4.67 Å². The summed E-state index contributed by atoms with van der Waals surface area (Å²) < 4.78 is 69.1. The van der Waals surface area contributed by atoms with Gasteiger partial charge in [-0.05, 0) is 96.3 Å². The van der Waals surface area contributed by atoms with Crippen molar-refractivity contribution in [2.24, 2.45) is 11.8 Å². The molecule has 0 spiro atoms. The molecule has 0 saturated carbocycles. The lowest BCUT2D eigenvalue weighted by Gasteiger charge is -2.47. The molecule has 1 aliphatic carbocycles. The lowest BCUT2D eigenvalue weighted by atomic mass is 9.66. The van der Waals surface area contributed by atoms with E-state index in [0.717, 1.165) is 5.56 Å². The molecular formula is C39H54NO14P. The molecule has 0 aromatic heterocycles. The first-order valence-electron chi connectivity index (χ1n) is 18.9. The number of aliphatic hydroxyl groups excluding tert-OH is 2. The number of nitrogens with zero attached hydrogens (tertiary/aromatic N) is 1. The fraction of sp³-hybridized carbons (Fsp3) is 0.667. The highest BCUT2D eigenvalue weighted by Crippen LogP contribution is 2.59. The highest BCUT2D eigenvalue weighted by molar-refractivity contribution is 7.45. The largest absolute Gasteiger partial charge is 0.493 e. The summed E-state index contributed by atoms with van der Waals surface area (Å²) in [6.45, 7) is 16.3. The molecule has 55 heavy (non-hydrogen) atoms. The number of carbonyl (C=O) groups excluding carboxylic acids is 1. The molecule has 304 valence electrons. The number of carbonyl (C=O) groups is 1. The van der Waals surface area contributed by atoms with Gasteiger partial charge < -0.3 is 61.9 Å². The average Bonchev–Trinajstić information content (AvgIpc) is 3.75. The smallest absolute Gasteiger partial charge is 0.322 e. The normalized spacial score (nSPS) is 31.9. The molecule has 2 N–H and O–H groups in total. The summed E-state index contributed by atoms with van der Waals surface area (Å²) in [4.78, 5) is 13.9. The topological polar surface area (TPSA) is 162 Å². The first-order chi connectivity index (χ1) is 26.1. The molecule has 0 bridgehead atoms.